The molecule has 7 nitrogen and oxygen atoms in total. The molecule has 0 spiro atoms. The van der Waals surface area contributed by atoms with Gasteiger partial charge in [0.25, 0.3) is 5.91 Å². The first-order valence-corrected chi connectivity index (χ1v) is 13.8. The van der Waals surface area contributed by atoms with Crippen molar-refractivity contribution in [1.82, 2.24) is 10.2 Å². The number of nitrogens with zero attached hydrogens (tertiary/aromatic N) is 1. The quantitative estimate of drug-likeness (QED) is 0.369. The average Bonchev–Trinajstić information content (AvgIpc) is 2.81. The van der Waals surface area contributed by atoms with Crippen molar-refractivity contribution in [2.24, 2.45) is 5.92 Å². The first-order valence-electron chi connectivity index (χ1n) is 13.8. The number of carbonyl (C=O) groups is 3. The summed E-state index contributed by atoms with van der Waals surface area (Å²) in [5.74, 6) is -0.863. The van der Waals surface area contributed by atoms with E-state index in [1.165, 1.54) is 0 Å². The Morgan fingerprint density at radius 3 is 2.00 bits per heavy atom. The number of alkyl carbamates (subject to hydrolysis) is 1. The lowest BCUT2D eigenvalue weighted by atomic mass is 9.93. The van der Waals surface area contributed by atoms with E-state index in [9.17, 15) is 14.4 Å². The van der Waals surface area contributed by atoms with E-state index in [4.69, 9.17) is 4.74 Å². The third kappa shape index (κ3) is 8.32. The van der Waals surface area contributed by atoms with Gasteiger partial charge in [0.05, 0.1) is 0 Å². The van der Waals surface area contributed by atoms with Gasteiger partial charge in [-0.2, -0.15) is 0 Å². The number of hydrogen-bond donors (Lipinski definition) is 2. The summed E-state index contributed by atoms with van der Waals surface area (Å²) in [7, 11) is 0. The normalized spacial score (nSPS) is 13.8. The molecule has 2 aromatic carbocycles. The molecule has 3 unspecified atom stereocenters. The highest BCUT2D eigenvalue weighted by Crippen LogP contribution is 2.32. The predicted octanol–water partition coefficient (Wildman–Crippen LogP) is 6.78. The molecule has 2 aromatic rings. The first-order chi connectivity index (χ1) is 18.1. The lowest BCUT2D eigenvalue weighted by Gasteiger charge is -2.39. The molecule has 0 bridgehead atoms. The maximum absolute atomic E-state index is 14.3. The Morgan fingerprint density at radius 1 is 0.923 bits per heavy atom. The predicted molar refractivity (Wildman–Crippen MR) is 158 cm³/mol. The number of rotatable bonds is 9. The van der Waals surface area contributed by atoms with Gasteiger partial charge in [0, 0.05) is 11.7 Å². The third-order valence-corrected chi connectivity index (χ3v) is 6.90. The fourth-order valence-corrected chi connectivity index (χ4v) is 4.66. The second-order valence-electron chi connectivity index (χ2n) is 11.9. The standard InChI is InChI=1S/C32H47N3O4/c1-12-24(8)35(30(37)26(19(2)3)34-31(38)39-32(9,10)11)28(25-17-16-20(4)18-23(25)7)29(36)33-27-21(5)14-13-15-22(27)6/h13-19,24,26,28H,12H2,1-11H3,(H,33,36)(H,34,38). The zero-order valence-electron chi connectivity index (χ0n) is 25.6. The zero-order valence-corrected chi connectivity index (χ0v) is 25.6. The summed E-state index contributed by atoms with van der Waals surface area (Å²) in [6.45, 7) is 20.9. The van der Waals surface area contributed by atoms with Gasteiger partial charge in [-0.1, -0.05) is 62.7 Å². The number of hydrogen-bond acceptors (Lipinski definition) is 4. The van der Waals surface area contributed by atoms with E-state index in [0.29, 0.717) is 6.42 Å². The van der Waals surface area contributed by atoms with Gasteiger partial charge in [-0.3, -0.25) is 9.59 Å². The molecule has 3 amide bonds. The van der Waals surface area contributed by atoms with Crippen LogP contribution in [-0.4, -0.2) is 40.5 Å². The highest BCUT2D eigenvalue weighted by Gasteiger charge is 2.40. The average molecular weight is 538 g/mol. The summed E-state index contributed by atoms with van der Waals surface area (Å²) < 4.78 is 5.47. The molecule has 0 aliphatic carbocycles. The highest BCUT2D eigenvalue weighted by atomic mass is 16.6. The summed E-state index contributed by atoms with van der Waals surface area (Å²) in [6, 6.07) is 9.68. The van der Waals surface area contributed by atoms with Crippen molar-refractivity contribution in [1.29, 1.82) is 0 Å². The molecule has 0 aliphatic rings. The number of aryl methyl sites for hydroxylation is 4. The van der Waals surface area contributed by atoms with Gasteiger partial charge in [-0.15, -0.1) is 0 Å². The molecule has 2 N–H and O–H groups in total. The molecule has 0 aliphatic heterocycles. The fourth-order valence-electron chi connectivity index (χ4n) is 4.66. The van der Waals surface area contributed by atoms with Gasteiger partial charge in [0.1, 0.15) is 17.7 Å². The van der Waals surface area contributed by atoms with Crippen LogP contribution in [0.3, 0.4) is 0 Å². The van der Waals surface area contributed by atoms with Crippen molar-refractivity contribution in [3.05, 3.63) is 64.2 Å². The molecular weight excluding hydrogens is 490 g/mol. The van der Waals surface area contributed by atoms with E-state index in [0.717, 1.165) is 33.5 Å². The van der Waals surface area contributed by atoms with Crippen LogP contribution in [0.5, 0.6) is 0 Å². The summed E-state index contributed by atoms with van der Waals surface area (Å²) >= 11 is 0. The van der Waals surface area contributed by atoms with Crippen LogP contribution in [0.15, 0.2) is 36.4 Å². The van der Waals surface area contributed by atoms with Crippen LogP contribution in [0, 0.1) is 33.6 Å². The van der Waals surface area contributed by atoms with Crippen LogP contribution in [-0.2, 0) is 14.3 Å². The van der Waals surface area contributed by atoms with E-state index in [-0.39, 0.29) is 23.8 Å². The van der Waals surface area contributed by atoms with Gasteiger partial charge in [-0.05, 0) is 90.0 Å². The van der Waals surface area contributed by atoms with Crippen LogP contribution in [0.4, 0.5) is 10.5 Å². The largest absolute Gasteiger partial charge is 0.444 e. The second kappa shape index (κ2) is 13.1. The number of carbonyl (C=O) groups excluding carboxylic acids is 3. The Hall–Kier alpha value is -3.35. The summed E-state index contributed by atoms with van der Waals surface area (Å²) in [4.78, 5) is 42.9. The lowest BCUT2D eigenvalue weighted by molar-refractivity contribution is -0.144. The minimum Gasteiger partial charge on any atom is -0.444 e. The minimum absolute atomic E-state index is 0.238. The molecule has 3 atom stereocenters. The van der Waals surface area contributed by atoms with Crippen LogP contribution < -0.4 is 10.6 Å². The summed E-state index contributed by atoms with van der Waals surface area (Å²) in [5, 5.41) is 5.91. The molecule has 39 heavy (non-hydrogen) atoms. The van der Waals surface area contributed by atoms with E-state index in [1.807, 2.05) is 91.8 Å². The molecule has 2 rings (SSSR count). The van der Waals surface area contributed by atoms with E-state index < -0.39 is 23.8 Å². The van der Waals surface area contributed by atoms with Crippen molar-refractivity contribution >= 4 is 23.6 Å². The number of amides is 3. The zero-order chi connectivity index (χ0) is 29.7. The van der Waals surface area contributed by atoms with Crippen molar-refractivity contribution in [2.75, 3.05) is 5.32 Å². The third-order valence-electron chi connectivity index (χ3n) is 6.90. The SMILES string of the molecule is CCC(C)N(C(=O)C(NC(=O)OC(C)(C)C)C(C)C)C(C(=O)Nc1c(C)cccc1C)c1ccc(C)cc1C. The van der Waals surface area contributed by atoms with Crippen molar-refractivity contribution in [3.8, 4) is 0 Å². The van der Waals surface area contributed by atoms with Gasteiger partial charge in [0.2, 0.25) is 5.91 Å². The summed E-state index contributed by atoms with van der Waals surface area (Å²) in [5.41, 5.74) is 4.64. The lowest BCUT2D eigenvalue weighted by Crippen LogP contribution is -2.56. The molecule has 0 heterocycles. The molecule has 7 heteroatoms. The van der Waals surface area contributed by atoms with E-state index in [2.05, 4.69) is 10.6 Å². The van der Waals surface area contributed by atoms with Gasteiger partial charge in [0.15, 0.2) is 0 Å². The smallest absolute Gasteiger partial charge is 0.408 e. The Balaban J connectivity index is 2.65. The summed E-state index contributed by atoms with van der Waals surface area (Å²) in [6.07, 6.45) is -0.0390. The van der Waals surface area contributed by atoms with Gasteiger partial charge < -0.3 is 20.3 Å². The van der Waals surface area contributed by atoms with Gasteiger partial charge in [-0.25, -0.2) is 4.79 Å². The number of benzene rings is 2. The van der Waals surface area contributed by atoms with Crippen molar-refractivity contribution < 1.29 is 19.1 Å². The maximum Gasteiger partial charge on any atom is 0.408 e. The number of ether oxygens (including phenoxy) is 1. The number of nitrogens with one attached hydrogen (secondary N) is 2. The fraction of sp³-hybridized carbons (Fsp3) is 0.531. The Morgan fingerprint density at radius 2 is 1.51 bits per heavy atom. The minimum atomic E-state index is -0.909. The molecule has 0 saturated heterocycles. The van der Waals surface area contributed by atoms with Crippen LogP contribution >= 0.6 is 0 Å². The Bertz CT molecular complexity index is 1160. The number of para-hydroxylation sites is 1. The van der Waals surface area contributed by atoms with Crippen LogP contribution in [0.2, 0.25) is 0 Å². The van der Waals surface area contributed by atoms with Crippen molar-refractivity contribution in [2.45, 2.75) is 106 Å². The van der Waals surface area contributed by atoms with E-state index >= 15 is 0 Å². The molecule has 0 aromatic heterocycles. The van der Waals surface area contributed by atoms with E-state index in [1.54, 1.807) is 25.7 Å². The Labute approximate surface area is 234 Å². The molecule has 0 fully saturated rings. The highest BCUT2D eigenvalue weighted by molar-refractivity contribution is 6.00. The Kier molecular flexibility index (Phi) is 10.7. The first kappa shape index (κ1) is 31.9. The van der Waals surface area contributed by atoms with Crippen molar-refractivity contribution in [3.63, 3.8) is 0 Å². The van der Waals surface area contributed by atoms with Gasteiger partial charge >= 0.3 is 6.09 Å². The topological polar surface area (TPSA) is 87.7 Å². The monoisotopic (exact) mass is 537 g/mol. The molecule has 0 radical (unpaired) electrons. The second-order valence-corrected chi connectivity index (χ2v) is 11.9. The van der Waals surface area contributed by atoms with Crippen LogP contribution in [0.25, 0.3) is 0 Å². The molecule has 0 saturated carbocycles. The number of anilines is 1. The maximum atomic E-state index is 14.3. The molecular formula is C32H47N3O4. The molecule has 214 valence electrons. The van der Waals surface area contributed by atoms with Crippen LogP contribution in [0.1, 0.15) is 88.7 Å².